The highest BCUT2D eigenvalue weighted by Crippen LogP contribution is 2.18. The first kappa shape index (κ1) is 24.9. The van der Waals surface area contributed by atoms with Gasteiger partial charge in [0.2, 0.25) is 11.8 Å². The van der Waals surface area contributed by atoms with E-state index in [1.807, 2.05) is 52.0 Å². The average Bonchev–Trinajstić information content (AvgIpc) is 2.74. The molecule has 0 fully saturated rings. The van der Waals surface area contributed by atoms with Gasteiger partial charge < -0.3 is 10.2 Å². The molecule has 0 aliphatic carbocycles. The summed E-state index contributed by atoms with van der Waals surface area (Å²) in [5.41, 5.74) is 3.09. The molecule has 0 aliphatic heterocycles. The molecule has 2 aromatic carbocycles. The highest BCUT2D eigenvalue weighted by Gasteiger charge is 2.29. The smallest absolute Gasteiger partial charge is 0.243 e. The third-order valence-electron chi connectivity index (χ3n) is 5.23. The standard InChI is InChI=1S/C25H33FN2O2S/c1-5-19(4)27-25(30)23(6-2)28(15-21-9-7-8-18(3)14-21)24(29)17-31-16-20-10-12-22(26)13-11-20/h7-14,19,23H,5-6,15-17H2,1-4H3,(H,27,30)/t19-,23+/m1/s1. The van der Waals surface area contributed by atoms with Crippen LogP contribution in [0.1, 0.15) is 50.3 Å². The van der Waals surface area contributed by atoms with Crippen molar-refractivity contribution < 1.29 is 14.0 Å². The molecule has 2 aromatic rings. The van der Waals surface area contributed by atoms with Crippen molar-refractivity contribution >= 4 is 23.6 Å². The van der Waals surface area contributed by atoms with Crippen LogP contribution in [0.25, 0.3) is 0 Å². The summed E-state index contributed by atoms with van der Waals surface area (Å²) >= 11 is 1.48. The number of amides is 2. The maximum atomic E-state index is 13.2. The van der Waals surface area contributed by atoms with E-state index in [9.17, 15) is 14.0 Å². The summed E-state index contributed by atoms with van der Waals surface area (Å²) < 4.78 is 13.1. The second kappa shape index (κ2) is 12.5. The Bertz CT molecular complexity index is 857. The average molecular weight is 445 g/mol. The van der Waals surface area contributed by atoms with Gasteiger partial charge in [-0.15, -0.1) is 11.8 Å². The number of carbonyl (C=O) groups excluding carboxylic acids is 2. The normalized spacial score (nSPS) is 12.8. The number of benzene rings is 2. The predicted octanol–water partition coefficient (Wildman–Crippen LogP) is 5.09. The Morgan fingerprint density at radius 3 is 2.39 bits per heavy atom. The number of thioether (sulfide) groups is 1. The van der Waals surface area contributed by atoms with Crippen LogP contribution in [-0.4, -0.2) is 34.6 Å². The van der Waals surface area contributed by atoms with Crippen molar-refractivity contribution in [3.05, 3.63) is 71.0 Å². The molecule has 1 N–H and O–H groups in total. The van der Waals surface area contributed by atoms with Gasteiger partial charge in [-0.1, -0.05) is 55.8 Å². The number of hydrogen-bond donors (Lipinski definition) is 1. The molecular weight excluding hydrogens is 411 g/mol. The lowest BCUT2D eigenvalue weighted by Crippen LogP contribution is -2.51. The lowest BCUT2D eigenvalue weighted by molar-refractivity contribution is -0.139. The van der Waals surface area contributed by atoms with Crippen molar-refractivity contribution in [2.75, 3.05) is 5.75 Å². The van der Waals surface area contributed by atoms with E-state index in [2.05, 4.69) is 5.32 Å². The lowest BCUT2D eigenvalue weighted by atomic mass is 10.1. The number of nitrogens with zero attached hydrogens (tertiary/aromatic N) is 1. The van der Waals surface area contributed by atoms with E-state index in [4.69, 9.17) is 0 Å². The monoisotopic (exact) mass is 444 g/mol. The minimum Gasteiger partial charge on any atom is -0.352 e. The number of hydrogen-bond acceptors (Lipinski definition) is 3. The van der Waals surface area contributed by atoms with Crippen molar-refractivity contribution in [3.63, 3.8) is 0 Å². The van der Waals surface area contributed by atoms with Gasteiger partial charge in [-0.25, -0.2) is 4.39 Å². The first-order chi connectivity index (χ1) is 14.8. The molecule has 0 bridgehead atoms. The van der Waals surface area contributed by atoms with Gasteiger partial charge in [-0.3, -0.25) is 9.59 Å². The first-order valence-electron chi connectivity index (χ1n) is 10.8. The third kappa shape index (κ3) is 8.02. The van der Waals surface area contributed by atoms with Crippen molar-refractivity contribution in [2.24, 2.45) is 0 Å². The van der Waals surface area contributed by atoms with Crippen LogP contribution in [0.5, 0.6) is 0 Å². The van der Waals surface area contributed by atoms with Gasteiger partial charge in [0.15, 0.2) is 0 Å². The van der Waals surface area contributed by atoms with E-state index in [0.717, 1.165) is 23.1 Å². The molecule has 6 heteroatoms. The van der Waals surface area contributed by atoms with Crippen molar-refractivity contribution in [2.45, 2.75) is 64.9 Å². The van der Waals surface area contributed by atoms with E-state index in [-0.39, 0.29) is 29.4 Å². The molecule has 0 saturated heterocycles. The van der Waals surface area contributed by atoms with Crippen LogP contribution in [0.4, 0.5) is 4.39 Å². The number of halogens is 1. The Balaban J connectivity index is 2.13. The highest BCUT2D eigenvalue weighted by molar-refractivity contribution is 7.99. The van der Waals surface area contributed by atoms with Crippen LogP contribution in [0.3, 0.4) is 0 Å². The van der Waals surface area contributed by atoms with E-state index in [1.165, 1.54) is 23.9 Å². The molecule has 31 heavy (non-hydrogen) atoms. The molecule has 4 nitrogen and oxygen atoms in total. The van der Waals surface area contributed by atoms with E-state index >= 15 is 0 Å². The molecule has 0 saturated carbocycles. The zero-order chi connectivity index (χ0) is 22.8. The van der Waals surface area contributed by atoms with Gasteiger partial charge >= 0.3 is 0 Å². The largest absolute Gasteiger partial charge is 0.352 e. The fourth-order valence-electron chi connectivity index (χ4n) is 3.29. The molecular formula is C25H33FN2O2S. The quantitative estimate of drug-likeness (QED) is 0.525. The molecule has 2 rings (SSSR count). The number of nitrogens with one attached hydrogen (secondary N) is 1. The van der Waals surface area contributed by atoms with Gasteiger partial charge in [0.1, 0.15) is 11.9 Å². The second-order valence-electron chi connectivity index (χ2n) is 7.87. The summed E-state index contributed by atoms with van der Waals surface area (Å²) in [5, 5.41) is 3.03. The Hall–Kier alpha value is -2.34. The van der Waals surface area contributed by atoms with Crippen LogP contribution < -0.4 is 5.32 Å². The summed E-state index contributed by atoms with van der Waals surface area (Å²) in [5.74, 6) is 0.421. The molecule has 0 radical (unpaired) electrons. The topological polar surface area (TPSA) is 49.4 Å². The third-order valence-corrected chi connectivity index (χ3v) is 6.22. The van der Waals surface area contributed by atoms with Gasteiger partial charge in [-0.05, 0) is 49.9 Å². The predicted molar refractivity (Wildman–Crippen MR) is 126 cm³/mol. The molecule has 0 unspecified atom stereocenters. The zero-order valence-corrected chi connectivity index (χ0v) is 19.7. The van der Waals surface area contributed by atoms with E-state index in [0.29, 0.717) is 18.7 Å². The number of rotatable bonds is 11. The fraction of sp³-hybridized carbons (Fsp3) is 0.440. The van der Waals surface area contributed by atoms with Crippen LogP contribution in [0, 0.1) is 12.7 Å². The van der Waals surface area contributed by atoms with Crippen molar-refractivity contribution in [1.29, 1.82) is 0 Å². The van der Waals surface area contributed by atoms with Gasteiger partial charge in [-0.2, -0.15) is 0 Å². The van der Waals surface area contributed by atoms with Crippen LogP contribution in [0.2, 0.25) is 0 Å². The summed E-state index contributed by atoms with van der Waals surface area (Å²) in [6.07, 6.45) is 1.38. The molecule has 168 valence electrons. The summed E-state index contributed by atoms with van der Waals surface area (Å²) in [4.78, 5) is 27.8. The van der Waals surface area contributed by atoms with E-state index in [1.54, 1.807) is 17.0 Å². The van der Waals surface area contributed by atoms with E-state index < -0.39 is 6.04 Å². The molecule has 0 heterocycles. The first-order valence-corrected chi connectivity index (χ1v) is 12.0. The second-order valence-corrected chi connectivity index (χ2v) is 8.86. The summed E-state index contributed by atoms with van der Waals surface area (Å²) in [6, 6.07) is 13.9. The van der Waals surface area contributed by atoms with Gasteiger partial charge in [0, 0.05) is 18.3 Å². The molecule has 0 spiro atoms. The van der Waals surface area contributed by atoms with Crippen LogP contribution in [-0.2, 0) is 21.9 Å². The molecule has 2 atom stereocenters. The Morgan fingerprint density at radius 1 is 1.06 bits per heavy atom. The Kier molecular flexibility index (Phi) is 10.0. The number of carbonyl (C=O) groups is 2. The maximum absolute atomic E-state index is 13.2. The molecule has 2 amide bonds. The summed E-state index contributed by atoms with van der Waals surface area (Å²) in [7, 11) is 0. The molecule has 0 aromatic heterocycles. The summed E-state index contributed by atoms with van der Waals surface area (Å²) in [6.45, 7) is 8.33. The number of aryl methyl sites for hydroxylation is 1. The molecule has 0 aliphatic rings. The van der Waals surface area contributed by atoms with Crippen molar-refractivity contribution in [3.8, 4) is 0 Å². The SMILES string of the molecule is CC[C@@H](C)NC(=O)[C@H](CC)N(Cc1cccc(C)c1)C(=O)CSCc1ccc(F)cc1. The van der Waals surface area contributed by atoms with Crippen LogP contribution in [0.15, 0.2) is 48.5 Å². The van der Waals surface area contributed by atoms with Gasteiger partial charge in [0.25, 0.3) is 0 Å². The minimum absolute atomic E-state index is 0.0605. The zero-order valence-electron chi connectivity index (χ0n) is 18.9. The highest BCUT2D eigenvalue weighted by atomic mass is 32.2. The minimum atomic E-state index is -0.520. The van der Waals surface area contributed by atoms with Crippen molar-refractivity contribution in [1.82, 2.24) is 10.2 Å². The maximum Gasteiger partial charge on any atom is 0.243 e. The Labute approximate surface area is 189 Å². The fourth-order valence-corrected chi connectivity index (χ4v) is 4.16. The lowest BCUT2D eigenvalue weighted by Gasteiger charge is -2.31. The van der Waals surface area contributed by atoms with Crippen LogP contribution >= 0.6 is 11.8 Å². The Morgan fingerprint density at radius 2 is 1.77 bits per heavy atom. The van der Waals surface area contributed by atoms with Gasteiger partial charge in [0.05, 0.1) is 5.75 Å².